The number of aromatic hydroxyl groups is 5. The second-order valence-electron chi connectivity index (χ2n) is 8.86. The molecule has 9 heteroatoms. The van der Waals surface area contributed by atoms with E-state index in [1.165, 1.54) is 27.0 Å². The summed E-state index contributed by atoms with van der Waals surface area (Å²) >= 11 is 0. The smallest absolute Gasteiger partial charge is 0.202 e. The monoisotopic (exact) mass is 528 g/mol. The largest absolute Gasteiger partial charge is 0.507 e. The summed E-state index contributed by atoms with van der Waals surface area (Å²) < 4.78 is 4.96. The van der Waals surface area contributed by atoms with Crippen LogP contribution in [0.1, 0.15) is 58.9 Å². The maximum atomic E-state index is 12.6. The fraction of sp³-hybridized carbons (Fsp3) is 0.100. The van der Waals surface area contributed by atoms with Crippen molar-refractivity contribution in [3.8, 4) is 34.5 Å². The third-order valence-corrected chi connectivity index (χ3v) is 6.33. The molecule has 198 valence electrons. The number of carbonyl (C=O) groups is 3. The second-order valence-corrected chi connectivity index (χ2v) is 8.86. The molecule has 0 atom stereocenters. The normalized spacial score (nSPS) is 11.7. The quantitative estimate of drug-likeness (QED) is 0.167. The number of aryl methyl sites for hydroxylation is 2. The average Bonchev–Trinajstić information content (AvgIpc) is 2.91. The lowest BCUT2D eigenvalue weighted by Crippen LogP contribution is -2.22. The molecule has 0 spiro atoms. The maximum Gasteiger partial charge on any atom is 0.202 e. The minimum absolute atomic E-state index is 0.0711. The first-order chi connectivity index (χ1) is 18.5. The van der Waals surface area contributed by atoms with E-state index in [0.29, 0.717) is 11.3 Å². The SMILES string of the molecule is COc1ccc(C(=O)c2ccccc2)c(O)c1.Cc1cc(O)c2c(c1O)C(=O)c1c(O)cc(C)c(O)c1C2=O. The molecule has 0 radical (unpaired) electrons. The van der Waals surface area contributed by atoms with E-state index in [4.69, 9.17) is 4.74 Å². The molecule has 0 aliphatic heterocycles. The van der Waals surface area contributed by atoms with Crippen LogP contribution >= 0.6 is 0 Å². The summed E-state index contributed by atoms with van der Waals surface area (Å²) in [5, 5.41) is 49.8. The first-order valence-electron chi connectivity index (χ1n) is 11.6. The van der Waals surface area contributed by atoms with Gasteiger partial charge >= 0.3 is 0 Å². The molecule has 0 fully saturated rings. The van der Waals surface area contributed by atoms with Gasteiger partial charge in [-0.1, -0.05) is 30.3 Å². The summed E-state index contributed by atoms with van der Waals surface area (Å²) in [5.74, 6) is -3.20. The lowest BCUT2D eigenvalue weighted by atomic mass is 9.80. The van der Waals surface area contributed by atoms with E-state index in [1.807, 2.05) is 6.07 Å². The number of ketones is 3. The number of ether oxygens (including phenoxy) is 1. The van der Waals surface area contributed by atoms with Crippen LogP contribution in [0, 0.1) is 13.8 Å². The maximum absolute atomic E-state index is 12.6. The fourth-order valence-electron chi connectivity index (χ4n) is 4.31. The molecule has 0 saturated heterocycles. The summed E-state index contributed by atoms with van der Waals surface area (Å²) in [7, 11) is 1.51. The Morgan fingerprint density at radius 3 is 1.56 bits per heavy atom. The van der Waals surface area contributed by atoms with E-state index in [-0.39, 0.29) is 50.5 Å². The zero-order chi connectivity index (χ0) is 28.6. The van der Waals surface area contributed by atoms with E-state index >= 15 is 0 Å². The van der Waals surface area contributed by atoms with Gasteiger partial charge in [0.05, 0.1) is 34.9 Å². The van der Waals surface area contributed by atoms with E-state index in [0.717, 1.165) is 12.1 Å². The van der Waals surface area contributed by atoms with Gasteiger partial charge in [0.25, 0.3) is 0 Å². The number of carbonyl (C=O) groups excluding carboxylic acids is 3. The van der Waals surface area contributed by atoms with Crippen LogP contribution in [0.2, 0.25) is 0 Å². The van der Waals surface area contributed by atoms with E-state index in [9.17, 15) is 39.9 Å². The van der Waals surface area contributed by atoms with Gasteiger partial charge in [-0.25, -0.2) is 0 Å². The van der Waals surface area contributed by atoms with Crippen molar-refractivity contribution in [2.45, 2.75) is 13.8 Å². The van der Waals surface area contributed by atoms with Crippen molar-refractivity contribution >= 4 is 17.3 Å². The van der Waals surface area contributed by atoms with Crippen LogP contribution in [0.3, 0.4) is 0 Å². The standard InChI is InChI=1S/C16H12O6.C14H12O3/c1-5-3-7(17)9-11(13(5)19)15(21)10-8(18)4-6(2)14(20)12(10)16(9)22;1-17-11-7-8-12(13(15)9-11)14(16)10-5-3-2-4-6-10/h3-4,17-20H,1-2H3;2-9,15H,1H3. The third kappa shape index (κ3) is 4.61. The lowest BCUT2D eigenvalue weighted by Gasteiger charge is -2.22. The number of rotatable bonds is 3. The molecule has 0 saturated carbocycles. The van der Waals surface area contributed by atoms with Crippen molar-refractivity contribution < 1.29 is 44.7 Å². The van der Waals surface area contributed by atoms with Crippen molar-refractivity contribution in [1.82, 2.24) is 0 Å². The number of phenolic OH excluding ortho intramolecular Hbond substituents is 5. The highest BCUT2D eigenvalue weighted by atomic mass is 16.5. The number of fused-ring (bicyclic) bond motifs is 2. The average molecular weight is 529 g/mol. The van der Waals surface area contributed by atoms with Gasteiger partial charge in [-0.15, -0.1) is 0 Å². The number of hydrogen-bond donors (Lipinski definition) is 5. The lowest BCUT2D eigenvalue weighted by molar-refractivity contribution is 0.0969. The summed E-state index contributed by atoms with van der Waals surface area (Å²) in [4.78, 5) is 37.2. The van der Waals surface area contributed by atoms with Crippen LogP contribution in [0.5, 0.6) is 34.5 Å². The van der Waals surface area contributed by atoms with E-state index in [1.54, 1.807) is 36.4 Å². The van der Waals surface area contributed by atoms with Crippen molar-refractivity contribution in [2.75, 3.05) is 7.11 Å². The summed E-state index contributed by atoms with van der Waals surface area (Å²) in [6, 6.07) is 15.8. The number of methoxy groups -OCH3 is 1. The summed E-state index contributed by atoms with van der Waals surface area (Å²) in [6.45, 7) is 2.93. The van der Waals surface area contributed by atoms with Crippen molar-refractivity contribution in [1.29, 1.82) is 0 Å². The minimum Gasteiger partial charge on any atom is -0.507 e. The van der Waals surface area contributed by atoms with Gasteiger partial charge in [0.2, 0.25) is 11.6 Å². The molecule has 0 unspecified atom stereocenters. The van der Waals surface area contributed by atoms with Gasteiger partial charge in [-0.05, 0) is 49.2 Å². The number of hydrogen-bond acceptors (Lipinski definition) is 9. The Bertz CT molecular complexity index is 1580. The summed E-state index contributed by atoms with van der Waals surface area (Å²) in [6.07, 6.45) is 0. The fourth-order valence-corrected chi connectivity index (χ4v) is 4.31. The van der Waals surface area contributed by atoms with Gasteiger partial charge in [-0.3, -0.25) is 14.4 Å². The highest BCUT2D eigenvalue weighted by Gasteiger charge is 2.39. The molecule has 0 heterocycles. The van der Waals surface area contributed by atoms with Crippen LogP contribution < -0.4 is 4.74 Å². The Morgan fingerprint density at radius 2 is 1.13 bits per heavy atom. The first kappa shape index (κ1) is 26.7. The van der Waals surface area contributed by atoms with Crippen molar-refractivity contribution in [3.05, 3.63) is 105 Å². The molecule has 4 aromatic rings. The highest BCUT2D eigenvalue weighted by molar-refractivity contribution is 6.32. The van der Waals surface area contributed by atoms with Crippen LogP contribution in [0.15, 0.2) is 60.7 Å². The zero-order valence-electron chi connectivity index (χ0n) is 21.1. The van der Waals surface area contributed by atoms with Crippen LogP contribution in [-0.2, 0) is 0 Å². The van der Waals surface area contributed by atoms with Crippen LogP contribution in [0.25, 0.3) is 0 Å². The molecule has 9 nitrogen and oxygen atoms in total. The van der Waals surface area contributed by atoms with E-state index in [2.05, 4.69) is 0 Å². The van der Waals surface area contributed by atoms with Gasteiger partial charge in [0, 0.05) is 11.6 Å². The first-order valence-corrected chi connectivity index (χ1v) is 11.6. The number of phenols is 5. The Kier molecular flexibility index (Phi) is 7.01. The number of benzene rings is 4. The van der Waals surface area contributed by atoms with Crippen LogP contribution in [-0.4, -0.2) is 50.0 Å². The molecule has 1 aliphatic carbocycles. The van der Waals surface area contributed by atoms with Crippen molar-refractivity contribution in [3.63, 3.8) is 0 Å². The molecule has 4 aromatic carbocycles. The Balaban J connectivity index is 0.000000187. The third-order valence-electron chi connectivity index (χ3n) is 6.33. The Morgan fingerprint density at radius 1 is 0.641 bits per heavy atom. The van der Waals surface area contributed by atoms with Gasteiger partial charge in [0.15, 0.2) is 5.78 Å². The zero-order valence-corrected chi connectivity index (χ0v) is 21.1. The predicted octanol–water partition coefficient (Wildman–Crippen LogP) is 4.53. The molecule has 0 bridgehead atoms. The molecule has 0 amide bonds. The molecular weight excluding hydrogens is 504 g/mol. The van der Waals surface area contributed by atoms with E-state index < -0.39 is 34.6 Å². The molecule has 5 rings (SSSR count). The van der Waals surface area contributed by atoms with Gasteiger partial charge in [-0.2, -0.15) is 0 Å². The Hall–Kier alpha value is -5.31. The highest BCUT2D eigenvalue weighted by Crippen LogP contribution is 2.45. The predicted molar refractivity (Wildman–Crippen MR) is 140 cm³/mol. The molecular formula is C30H24O9. The summed E-state index contributed by atoms with van der Waals surface area (Å²) in [5.41, 5.74) is -0.220. The van der Waals surface area contributed by atoms with Gasteiger partial charge in [0.1, 0.15) is 34.5 Å². The molecule has 0 aromatic heterocycles. The second kappa shape index (κ2) is 10.2. The molecule has 5 N–H and O–H groups in total. The topological polar surface area (TPSA) is 162 Å². The Labute approximate surface area is 222 Å². The molecule has 1 aliphatic rings. The minimum atomic E-state index is -0.825. The van der Waals surface area contributed by atoms with Gasteiger partial charge < -0.3 is 30.3 Å². The van der Waals surface area contributed by atoms with Crippen LogP contribution in [0.4, 0.5) is 0 Å². The molecule has 39 heavy (non-hydrogen) atoms. The van der Waals surface area contributed by atoms with Crippen molar-refractivity contribution in [2.24, 2.45) is 0 Å².